The molecule has 0 fully saturated rings. The highest BCUT2D eigenvalue weighted by Crippen LogP contribution is 2.21. The summed E-state index contributed by atoms with van der Waals surface area (Å²) in [6.45, 7) is 3.18. The lowest BCUT2D eigenvalue weighted by molar-refractivity contribution is 0.0697. The second kappa shape index (κ2) is 8.21. The molecule has 26 heavy (non-hydrogen) atoms. The van der Waals surface area contributed by atoms with Gasteiger partial charge in [0.1, 0.15) is 12.4 Å². The van der Waals surface area contributed by atoms with Gasteiger partial charge in [0, 0.05) is 17.8 Å². The highest BCUT2D eigenvalue weighted by atomic mass is 16.5. The van der Waals surface area contributed by atoms with E-state index in [4.69, 9.17) is 9.84 Å². The predicted molar refractivity (Wildman–Crippen MR) is 103 cm³/mol. The van der Waals surface area contributed by atoms with Crippen molar-refractivity contribution in [3.8, 4) is 5.75 Å². The molecular weight excluding hydrogens is 326 g/mol. The molecular formula is C22H21NO3. The quantitative estimate of drug-likeness (QED) is 0.639. The third-order valence-electron chi connectivity index (χ3n) is 4.06. The monoisotopic (exact) mass is 347 g/mol. The van der Waals surface area contributed by atoms with Gasteiger partial charge in [0.15, 0.2) is 0 Å². The number of nitrogens with one attached hydrogen (secondary N) is 1. The Kier molecular flexibility index (Phi) is 5.54. The van der Waals surface area contributed by atoms with Crippen LogP contribution in [-0.4, -0.2) is 11.1 Å². The number of benzene rings is 3. The zero-order valence-electron chi connectivity index (χ0n) is 14.6. The Morgan fingerprint density at radius 1 is 1.00 bits per heavy atom. The molecule has 0 saturated carbocycles. The topological polar surface area (TPSA) is 58.6 Å². The molecule has 0 saturated heterocycles. The van der Waals surface area contributed by atoms with Crippen LogP contribution in [0.1, 0.15) is 27.0 Å². The van der Waals surface area contributed by atoms with Crippen LogP contribution in [-0.2, 0) is 13.2 Å². The van der Waals surface area contributed by atoms with Crippen LogP contribution >= 0.6 is 0 Å². The maximum atomic E-state index is 10.9. The first-order valence-electron chi connectivity index (χ1n) is 8.45. The number of carboxylic acid groups (broad SMARTS) is 1. The number of aryl methyl sites for hydroxylation is 1. The van der Waals surface area contributed by atoms with Gasteiger partial charge in [0.25, 0.3) is 0 Å². The van der Waals surface area contributed by atoms with Crippen molar-refractivity contribution in [3.63, 3.8) is 0 Å². The molecule has 3 rings (SSSR count). The fourth-order valence-corrected chi connectivity index (χ4v) is 2.68. The first-order valence-corrected chi connectivity index (χ1v) is 8.45. The third kappa shape index (κ3) is 4.63. The van der Waals surface area contributed by atoms with Crippen molar-refractivity contribution in [2.24, 2.45) is 0 Å². The number of aromatic carboxylic acids is 1. The van der Waals surface area contributed by atoms with E-state index in [1.807, 2.05) is 30.3 Å². The van der Waals surface area contributed by atoms with E-state index in [1.165, 1.54) is 5.56 Å². The molecule has 3 aromatic carbocycles. The summed E-state index contributed by atoms with van der Waals surface area (Å²) >= 11 is 0. The van der Waals surface area contributed by atoms with Crippen LogP contribution in [0.4, 0.5) is 5.69 Å². The fourth-order valence-electron chi connectivity index (χ4n) is 2.68. The number of carboxylic acids is 1. The van der Waals surface area contributed by atoms with Gasteiger partial charge >= 0.3 is 5.97 Å². The molecule has 4 nitrogen and oxygen atoms in total. The summed E-state index contributed by atoms with van der Waals surface area (Å²) in [5.74, 6) is -0.0879. The average Bonchev–Trinajstić information content (AvgIpc) is 2.66. The highest BCUT2D eigenvalue weighted by Gasteiger charge is 2.05. The van der Waals surface area contributed by atoms with Gasteiger partial charge in [0.05, 0.1) is 5.56 Å². The number of para-hydroxylation sites is 1. The lowest BCUT2D eigenvalue weighted by Crippen LogP contribution is -2.04. The van der Waals surface area contributed by atoms with Gasteiger partial charge < -0.3 is 15.2 Å². The molecule has 0 aliphatic heterocycles. The SMILES string of the molecule is Cc1cccc(COc2ccccc2CNc2ccc(C(=O)O)cc2)c1. The minimum atomic E-state index is -0.925. The number of hydrogen-bond donors (Lipinski definition) is 2. The molecule has 0 bridgehead atoms. The molecule has 0 atom stereocenters. The molecule has 0 amide bonds. The molecule has 2 N–H and O–H groups in total. The lowest BCUT2D eigenvalue weighted by atomic mass is 10.1. The maximum absolute atomic E-state index is 10.9. The number of anilines is 1. The lowest BCUT2D eigenvalue weighted by Gasteiger charge is -2.13. The smallest absolute Gasteiger partial charge is 0.335 e. The minimum absolute atomic E-state index is 0.275. The third-order valence-corrected chi connectivity index (χ3v) is 4.06. The summed E-state index contributed by atoms with van der Waals surface area (Å²) in [6.07, 6.45) is 0. The molecule has 0 radical (unpaired) electrons. The average molecular weight is 347 g/mol. The number of hydrogen-bond acceptors (Lipinski definition) is 3. The first-order chi connectivity index (χ1) is 12.6. The van der Waals surface area contributed by atoms with Crippen LogP contribution in [0.5, 0.6) is 5.75 Å². The second-order valence-electron chi connectivity index (χ2n) is 6.12. The Labute approximate surface area is 153 Å². The molecule has 0 aliphatic rings. The maximum Gasteiger partial charge on any atom is 0.335 e. The summed E-state index contributed by atoms with van der Waals surface area (Å²) in [5, 5.41) is 12.3. The number of carbonyl (C=O) groups is 1. The summed E-state index contributed by atoms with van der Waals surface area (Å²) in [5.41, 5.74) is 4.53. The summed E-state index contributed by atoms with van der Waals surface area (Å²) in [7, 11) is 0. The standard InChI is InChI=1S/C22H21NO3/c1-16-5-4-6-17(13-16)15-26-21-8-3-2-7-19(21)14-23-20-11-9-18(10-12-20)22(24)25/h2-13,23H,14-15H2,1H3,(H,24,25). The Bertz CT molecular complexity index is 888. The Morgan fingerprint density at radius 3 is 2.50 bits per heavy atom. The van der Waals surface area contributed by atoms with Gasteiger partial charge in [-0.25, -0.2) is 4.79 Å². The molecule has 0 aliphatic carbocycles. The molecule has 0 heterocycles. The second-order valence-corrected chi connectivity index (χ2v) is 6.12. The van der Waals surface area contributed by atoms with Gasteiger partial charge in [-0.15, -0.1) is 0 Å². The Hall–Kier alpha value is -3.27. The highest BCUT2D eigenvalue weighted by molar-refractivity contribution is 5.87. The van der Waals surface area contributed by atoms with Crippen molar-refractivity contribution in [1.82, 2.24) is 0 Å². The van der Waals surface area contributed by atoms with Crippen LogP contribution in [0.2, 0.25) is 0 Å². The van der Waals surface area contributed by atoms with Crippen molar-refractivity contribution >= 4 is 11.7 Å². The molecule has 0 unspecified atom stereocenters. The van der Waals surface area contributed by atoms with Gasteiger partial charge in [0.2, 0.25) is 0 Å². The van der Waals surface area contributed by atoms with Crippen molar-refractivity contribution < 1.29 is 14.6 Å². The van der Waals surface area contributed by atoms with Gasteiger partial charge in [-0.1, -0.05) is 48.0 Å². The van der Waals surface area contributed by atoms with Crippen molar-refractivity contribution in [1.29, 1.82) is 0 Å². The van der Waals surface area contributed by atoms with Crippen molar-refractivity contribution in [2.45, 2.75) is 20.1 Å². The molecule has 0 spiro atoms. The van der Waals surface area contributed by atoms with Gasteiger partial charge in [-0.2, -0.15) is 0 Å². The van der Waals surface area contributed by atoms with E-state index in [9.17, 15) is 4.79 Å². The largest absolute Gasteiger partial charge is 0.489 e. The molecule has 4 heteroatoms. The summed E-state index contributed by atoms with van der Waals surface area (Å²) in [6, 6.07) is 22.9. The fraction of sp³-hybridized carbons (Fsp3) is 0.136. The van der Waals surface area contributed by atoms with E-state index in [2.05, 4.69) is 30.4 Å². The van der Waals surface area contributed by atoms with E-state index < -0.39 is 5.97 Å². The van der Waals surface area contributed by atoms with Crippen molar-refractivity contribution in [2.75, 3.05) is 5.32 Å². The molecule has 132 valence electrons. The van der Waals surface area contributed by atoms with Gasteiger partial charge in [-0.05, 0) is 42.8 Å². The van der Waals surface area contributed by atoms with E-state index >= 15 is 0 Å². The van der Waals surface area contributed by atoms with Crippen LogP contribution < -0.4 is 10.1 Å². The van der Waals surface area contributed by atoms with Gasteiger partial charge in [-0.3, -0.25) is 0 Å². The first kappa shape index (κ1) is 17.5. The Balaban J connectivity index is 1.64. The summed E-state index contributed by atoms with van der Waals surface area (Å²) < 4.78 is 6.00. The zero-order valence-corrected chi connectivity index (χ0v) is 14.6. The van der Waals surface area contributed by atoms with Crippen LogP contribution in [0.15, 0.2) is 72.8 Å². The van der Waals surface area contributed by atoms with E-state index in [1.54, 1.807) is 24.3 Å². The van der Waals surface area contributed by atoms with Crippen LogP contribution in [0.25, 0.3) is 0 Å². The van der Waals surface area contributed by atoms with Crippen molar-refractivity contribution in [3.05, 3.63) is 95.1 Å². The normalized spacial score (nSPS) is 10.3. The van der Waals surface area contributed by atoms with E-state index in [0.717, 1.165) is 22.6 Å². The minimum Gasteiger partial charge on any atom is -0.489 e. The van der Waals surface area contributed by atoms with Crippen LogP contribution in [0, 0.1) is 6.92 Å². The van der Waals surface area contributed by atoms with E-state index in [-0.39, 0.29) is 5.56 Å². The zero-order chi connectivity index (χ0) is 18.4. The summed E-state index contributed by atoms with van der Waals surface area (Å²) in [4.78, 5) is 10.9. The number of rotatable bonds is 7. The molecule has 0 aromatic heterocycles. The van der Waals surface area contributed by atoms with Crippen LogP contribution in [0.3, 0.4) is 0 Å². The molecule has 3 aromatic rings. The van der Waals surface area contributed by atoms with E-state index in [0.29, 0.717) is 13.2 Å². The number of ether oxygens (including phenoxy) is 1. The predicted octanol–water partition coefficient (Wildman–Crippen LogP) is 4.88. The Morgan fingerprint density at radius 2 is 1.77 bits per heavy atom.